The third-order valence-electron chi connectivity index (χ3n) is 2.77. The van der Waals surface area contributed by atoms with Crippen molar-refractivity contribution in [3.05, 3.63) is 29.5 Å². The lowest BCUT2D eigenvalue weighted by Gasteiger charge is -2.11. The first-order valence-electron chi connectivity index (χ1n) is 5.49. The zero-order valence-electron chi connectivity index (χ0n) is 10.8. The average Bonchev–Trinajstić information content (AvgIpc) is 2.89. The number of rotatable bonds is 4. The van der Waals surface area contributed by atoms with Crippen molar-refractivity contribution in [2.45, 2.75) is 6.92 Å². The van der Waals surface area contributed by atoms with Crippen LogP contribution in [0.4, 0.5) is 0 Å². The normalized spacial score (nSPS) is 10.3. The van der Waals surface area contributed by atoms with Crippen molar-refractivity contribution in [2.24, 2.45) is 0 Å². The molecule has 1 N–H and O–H groups in total. The van der Waals surface area contributed by atoms with Gasteiger partial charge in [0.1, 0.15) is 11.5 Å². The number of aromatic nitrogens is 1. The predicted octanol–water partition coefficient (Wildman–Crippen LogP) is 2.37. The number of carboxylic acid groups (broad SMARTS) is 1. The Hall–Kier alpha value is -2.50. The molecule has 6 heteroatoms. The Kier molecular flexibility index (Phi) is 3.41. The molecule has 0 aliphatic carbocycles. The maximum atomic E-state index is 10.8. The number of carbonyl (C=O) groups is 1. The van der Waals surface area contributed by atoms with Crippen molar-refractivity contribution in [3.63, 3.8) is 0 Å². The Morgan fingerprint density at radius 3 is 2.21 bits per heavy atom. The van der Waals surface area contributed by atoms with Gasteiger partial charge < -0.3 is 19.1 Å². The van der Waals surface area contributed by atoms with Gasteiger partial charge in [0.25, 0.3) is 0 Å². The van der Waals surface area contributed by atoms with Gasteiger partial charge in [-0.2, -0.15) is 0 Å². The summed E-state index contributed by atoms with van der Waals surface area (Å²) < 4.78 is 15.5. The molecular weight excluding hydrogens is 250 g/mol. The first kappa shape index (κ1) is 12.9. The molecule has 0 radical (unpaired) electrons. The minimum atomic E-state index is -1.14. The summed E-state index contributed by atoms with van der Waals surface area (Å²) in [7, 11) is 3.10. The summed E-state index contributed by atoms with van der Waals surface area (Å²) in [6, 6.07) is 4.83. The van der Waals surface area contributed by atoms with E-state index in [1.807, 2.05) is 6.92 Å². The number of benzene rings is 1. The topological polar surface area (TPSA) is 81.8 Å². The van der Waals surface area contributed by atoms with E-state index in [1.165, 1.54) is 6.07 Å². The van der Waals surface area contributed by atoms with Gasteiger partial charge in [-0.15, -0.1) is 0 Å². The zero-order valence-corrected chi connectivity index (χ0v) is 10.8. The quantitative estimate of drug-likeness (QED) is 0.911. The Morgan fingerprint density at radius 1 is 1.21 bits per heavy atom. The highest BCUT2D eigenvalue weighted by molar-refractivity contribution is 5.86. The summed E-state index contributed by atoms with van der Waals surface area (Å²) in [5, 5.41) is 12.3. The van der Waals surface area contributed by atoms with Gasteiger partial charge in [0.2, 0.25) is 0 Å². The Bertz CT molecular complexity index is 592. The third kappa shape index (κ3) is 2.37. The van der Waals surface area contributed by atoms with Crippen LogP contribution in [-0.4, -0.2) is 30.5 Å². The smallest absolute Gasteiger partial charge is 0.358 e. The lowest BCUT2D eigenvalue weighted by Crippen LogP contribution is -1.95. The van der Waals surface area contributed by atoms with E-state index in [2.05, 4.69) is 5.16 Å². The second-order valence-electron chi connectivity index (χ2n) is 3.89. The zero-order chi connectivity index (χ0) is 14.0. The van der Waals surface area contributed by atoms with Gasteiger partial charge in [0, 0.05) is 17.2 Å². The first-order valence-corrected chi connectivity index (χ1v) is 5.49. The molecule has 2 rings (SSSR count). The molecule has 0 bridgehead atoms. The Morgan fingerprint density at radius 2 is 1.79 bits per heavy atom. The molecule has 0 amide bonds. The molecule has 0 fully saturated rings. The second-order valence-corrected chi connectivity index (χ2v) is 3.89. The van der Waals surface area contributed by atoms with Crippen LogP contribution in [0.25, 0.3) is 11.3 Å². The van der Waals surface area contributed by atoms with Gasteiger partial charge in [0.15, 0.2) is 11.5 Å². The van der Waals surface area contributed by atoms with Crippen LogP contribution in [0, 0.1) is 6.92 Å². The summed E-state index contributed by atoms with van der Waals surface area (Å²) in [5.74, 6) is 0.459. The number of nitrogens with zero attached hydrogens (tertiary/aromatic N) is 1. The number of aromatic carboxylic acids is 1. The summed E-state index contributed by atoms with van der Waals surface area (Å²) in [6.07, 6.45) is 0. The second kappa shape index (κ2) is 5.01. The Labute approximate surface area is 109 Å². The van der Waals surface area contributed by atoms with Crippen LogP contribution < -0.4 is 9.47 Å². The molecule has 1 heterocycles. The Balaban J connectivity index is 2.51. The molecule has 2 aromatic rings. The summed E-state index contributed by atoms with van der Waals surface area (Å²) in [5.41, 5.74) is 1.35. The van der Waals surface area contributed by atoms with Crippen molar-refractivity contribution in [1.29, 1.82) is 0 Å². The minimum Gasteiger partial charge on any atom is -0.496 e. The van der Waals surface area contributed by atoms with E-state index in [4.69, 9.17) is 19.1 Å². The molecule has 0 spiro atoms. The fraction of sp³-hybridized carbons (Fsp3) is 0.231. The molecule has 0 saturated carbocycles. The third-order valence-corrected chi connectivity index (χ3v) is 2.77. The van der Waals surface area contributed by atoms with Gasteiger partial charge in [-0.1, -0.05) is 5.16 Å². The van der Waals surface area contributed by atoms with Crippen molar-refractivity contribution in [2.75, 3.05) is 14.2 Å². The lowest BCUT2D eigenvalue weighted by molar-refractivity contribution is 0.0686. The summed E-state index contributed by atoms with van der Waals surface area (Å²) in [6.45, 7) is 1.87. The molecule has 19 heavy (non-hydrogen) atoms. The van der Waals surface area contributed by atoms with Crippen LogP contribution in [-0.2, 0) is 0 Å². The van der Waals surface area contributed by atoms with Crippen molar-refractivity contribution < 1.29 is 23.9 Å². The van der Waals surface area contributed by atoms with Crippen molar-refractivity contribution in [1.82, 2.24) is 5.16 Å². The maximum Gasteiger partial charge on any atom is 0.358 e. The van der Waals surface area contributed by atoms with E-state index < -0.39 is 5.97 Å². The fourth-order valence-electron chi connectivity index (χ4n) is 1.74. The molecule has 0 aliphatic rings. The van der Waals surface area contributed by atoms with Gasteiger partial charge in [-0.25, -0.2) is 4.79 Å². The van der Waals surface area contributed by atoms with Crippen LogP contribution in [0.5, 0.6) is 11.5 Å². The minimum absolute atomic E-state index is 0.145. The number of ether oxygens (including phenoxy) is 2. The summed E-state index contributed by atoms with van der Waals surface area (Å²) >= 11 is 0. The van der Waals surface area contributed by atoms with Gasteiger partial charge in [-0.05, 0) is 19.1 Å². The molecule has 0 saturated heterocycles. The largest absolute Gasteiger partial charge is 0.496 e. The molecule has 100 valence electrons. The molecule has 1 aromatic heterocycles. The van der Waals surface area contributed by atoms with E-state index in [9.17, 15) is 4.79 Å². The summed E-state index contributed by atoms with van der Waals surface area (Å²) in [4.78, 5) is 10.8. The molecule has 0 aliphatic heterocycles. The van der Waals surface area contributed by atoms with E-state index in [1.54, 1.807) is 26.4 Å². The first-order chi connectivity index (χ1) is 9.06. The standard InChI is InChI=1S/C13H13NO5/c1-7-10(17-2)4-8(5-11(7)18-3)12-6-9(13(15)16)14-19-12/h4-6H,1-3H3,(H,15,16). The highest BCUT2D eigenvalue weighted by atomic mass is 16.5. The molecular formula is C13H13NO5. The molecule has 0 atom stereocenters. The molecule has 1 aromatic carbocycles. The monoisotopic (exact) mass is 263 g/mol. The predicted molar refractivity (Wildman–Crippen MR) is 66.7 cm³/mol. The molecule has 0 unspecified atom stereocenters. The van der Waals surface area contributed by atoms with Crippen LogP contribution >= 0.6 is 0 Å². The van der Waals surface area contributed by atoms with Gasteiger partial charge in [-0.3, -0.25) is 0 Å². The van der Waals surface area contributed by atoms with Crippen molar-refractivity contribution >= 4 is 5.97 Å². The SMILES string of the molecule is COc1cc(-c2cc(C(=O)O)no2)cc(OC)c1C. The van der Waals surface area contributed by atoms with E-state index in [0.717, 1.165) is 5.56 Å². The highest BCUT2D eigenvalue weighted by Gasteiger charge is 2.15. The van der Waals surface area contributed by atoms with Crippen LogP contribution in [0.1, 0.15) is 16.1 Å². The van der Waals surface area contributed by atoms with E-state index in [0.29, 0.717) is 22.8 Å². The van der Waals surface area contributed by atoms with Crippen LogP contribution in [0.15, 0.2) is 22.7 Å². The van der Waals surface area contributed by atoms with Crippen LogP contribution in [0.2, 0.25) is 0 Å². The van der Waals surface area contributed by atoms with E-state index in [-0.39, 0.29) is 5.69 Å². The lowest BCUT2D eigenvalue weighted by atomic mass is 10.1. The maximum absolute atomic E-state index is 10.8. The molecule has 6 nitrogen and oxygen atoms in total. The number of hydrogen-bond donors (Lipinski definition) is 1. The number of hydrogen-bond acceptors (Lipinski definition) is 5. The number of carboxylic acids is 1. The van der Waals surface area contributed by atoms with Gasteiger partial charge >= 0.3 is 5.97 Å². The van der Waals surface area contributed by atoms with Crippen LogP contribution in [0.3, 0.4) is 0 Å². The van der Waals surface area contributed by atoms with E-state index >= 15 is 0 Å². The van der Waals surface area contributed by atoms with Gasteiger partial charge in [0.05, 0.1) is 14.2 Å². The highest BCUT2D eigenvalue weighted by Crippen LogP contribution is 2.34. The van der Waals surface area contributed by atoms with Crippen molar-refractivity contribution in [3.8, 4) is 22.8 Å². The fourth-order valence-corrected chi connectivity index (χ4v) is 1.74. The number of methoxy groups -OCH3 is 2. The average molecular weight is 263 g/mol.